The van der Waals surface area contributed by atoms with Gasteiger partial charge in [0.1, 0.15) is 5.76 Å². The van der Waals surface area contributed by atoms with Crippen molar-refractivity contribution < 1.29 is 18.8 Å². The maximum atomic E-state index is 12.0. The normalized spacial score (nSPS) is 10.7. The van der Waals surface area contributed by atoms with Crippen LogP contribution >= 0.6 is 11.8 Å². The van der Waals surface area contributed by atoms with Gasteiger partial charge in [-0.25, -0.2) is 4.68 Å². The van der Waals surface area contributed by atoms with Gasteiger partial charge in [0.15, 0.2) is 23.1 Å². The Balaban J connectivity index is 1.61. The van der Waals surface area contributed by atoms with Crippen LogP contribution in [-0.2, 0) is 11.2 Å². The Labute approximate surface area is 165 Å². The van der Waals surface area contributed by atoms with E-state index >= 15 is 0 Å². The van der Waals surface area contributed by atoms with Crippen LogP contribution in [0.3, 0.4) is 0 Å². The fourth-order valence-electron chi connectivity index (χ4n) is 2.43. The SMILES string of the molecule is COc1ccc(Cc2nnc(SCC(=O)Nc3cc(C)on3)n2N)cc1OC. The van der Waals surface area contributed by atoms with Crippen molar-refractivity contribution in [2.24, 2.45) is 0 Å². The molecule has 0 spiro atoms. The highest BCUT2D eigenvalue weighted by atomic mass is 32.2. The van der Waals surface area contributed by atoms with Crippen LogP contribution in [-0.4, -0.2) is 45.9 Å². The summed E-state index contributed by atoms with van der Waals surface area (Å²) < 4.78 is 16.8. The van der Waals surface area contributed by atoms with E-state index in [0.29, 0.717) is 40.5 Å². The van der Waals surface area contributed by atoms with Crippen molar-refractivity contribution in [3.8, 4) is 11.5 Å². The Bertz CT molecular complexity index is 970. The fraction of sp³-hybridized carbons (Fsp3) is 0.294. The number of nitrogens with one attached hydrogen (secondary N) is 1. The minimum absolute atomic E-state index is 0.109. The quantitative estimate of drug-likeness (QED) is 0.425. The lowest BCUT2D eigenvalue weighted by Gasteiger charge is -2.09. The van der Waals surface area contributed by atoms with E-state index in [1.54, 1.807) is 27.2 Å². The minimum Gasteiger partial charge on any atom is -0.493 e. The molecule has 1 amide bonds. The van der Waals surface area contributed by atoms with Crippen molar-refractivity contribution in [2.45, 2.75) is 18.5 Å². The number of hydrogen-bond acceptors (Lipinski definition) is 9. The number of hydrogen-bond donors (Lipinski definition) is 2. The standard InChI is InChI=1S/C17H20N6O4S/c1-10-6-14(22-27-10)19-16(24)9-28-17-21-20-15(23(17)18)8-11-4-5-12(25-2)13(7-11)26-3/h4-7H,8-9,18H2,1-3H3,(H,19,22,24). The Morgan fingerprint density at radius 2 is 2.04 bits per heavy atom. The molecule has 148 valence electrons. The number of benzene rings is 1. The Hall–Kier alpha value is -3.21. The first-order chi connectivity index (χ1) is 13.5. The van der Waals surface area contributed by atoms with Crippen LogP contribution < -0.4 is 20.6 Å². The summed E-state index contributed by atoms with van der Waals surface area (Å²) in [5, 5.41) is 14.9. The number of ether oxygens (including phenoxy) is 2. The molecule has 0 atom stereocenters. The number of methoxy groups -OCH3 is 2. The highest BCUT2D eigenvalue weighted by molar-refractivity contribution is 7.99. The molecule has 3 N–H and O–H groups in total. The zero-order chi connectivity index (χ0) is 20.1. The van der Waals surface area contributed by atoms with Crippen LogP contribution in [0.2, 0.25) is 0 Å². The molecule has 0 saturated heterocycles. The minimum atomic E-state index is -0.247. The molecule has 0 radical (unpaired) electrons. The van der Waals surface area contributed by atoms with E-state index in [9.17, 15) is 4.79 Å². The van der Waals surface area contributed by atoms with E-state index in [-0.39, 0.29) is 11.7 Å². The fourth-order valence-corrected chi connectivity index (χ4v) is 3.11. The number of aromatic nitrogens is 4. The molecule has 0 aliphatic heterocycles. The lowest BCUT2D eigenvalue weighted by atomic mass is 10.1. The molecular formula is C17H20N6O4S. The average molecular weight is 404 g/mol. The third kappa shape index (κ3) is 4.55. The van der Waals surface area contributed by atoms with E-state index < -0.39 is 0 Å². The number of thioether (sulfide) groups is 1. The van der Waals surface area contributed by atoms with E-state index in [1.807, 2.05) is 18.2 Å². The molecule has 11 heteroatoms. The summed E-state index contributed by atoms with van der Waals surface area (Å²) in [6.45, 7) is 1.74. The summed E-state index contributed by atoms with van der Waals surface area (Å²) in [6.07, 6.45) is 0.453. The number of nitrogens with zero attached hydrogens (tertiary/aromatic N) is 4. The van der Waals surface area contributed by atoms with Crippen LogP contribution in [0.15, 0.2) is 33.9 Å². The van der Waals surface area contributed by atoms with Gasteiger partial charge in [-0.1, -0.05) is 23.0 Å². The third-order valence-corrected chi connectivity index (χ3v) is 4.72. The lowest BCUT2D eigenvalue weighted by molar-refractivity contribution is -0.113. The van der Waals surface area contributed by atoms with Gasteiger partial charge in [0.05, 0.1) is 20.0 Å². The van der Waals surface area contributed by atoms with Gasteiger partial charge in [0.25, 0.3) is 0 Å². The molecule has 0 bridgehead atoms. The van der Waals surface area contributed by atoms with E-state index in [1.165, 1.54) is 16.4 Å². The Morgan fingerprint density at radius 3 is 2.71 bits per heavy atom. The summed E-state index contributed by atoms with van der Waals surface area (Å²) >= 11 is 1.18. The number of carbonyl (C=O) groups is 1. The topological polar surface area (TPSA) is 130 Å². The smallest absolute Gasteiger partial charge is 0.236 e. The number of nitrogen functional groups attached to an aromatic ring is 1. The maximum Gasteiger partial charge on any atom is 0.236 e. The number of anilines is 1. The van der Waals surface area contributed by atoms with Gasteiger partial charge in [-0.2, -0.15) is 0 Å². The second kappa shape index (κ2) is 8.65. The molecule has 3 aromatic rings. The zero-order valence-corrected chi connectivity index (χ0v) is 16.4. The monoisotopic (exact) mass is 404 g/mol. The van der Waals surface area contributed by atoms with Gasteiger partial charge in [-0.15, -0.1) is 10.2 Å². The van der Waals surface area contributed by atoms with Gasteiger partial charge >= 0.3 is 0 Å². The molecule has 2 heterocycles. The average Bonchev–Trinajstić information content (AvgIpc) is 3.25. The summed E-state index contributed by atoms with van der Waals surface area (Å²) in [5.74, 6) is 8.74. The first kappa shape index (κ1) is 19.5. The second-order valence-electron chi connectivity index (χ2n) is 5.79. The molecule has 0 aliphatic carbocycles. The molecule has 10 nitrogen and oxygen atoms in total. The molecule has 1 aromatic carbocycles. The summed E-state index contributed by atoms with van der Waals surface area (Å²) in [6, 6.07) is 7.20. The first-order valence-corrected chi connectivity index (χ1v) is 9.25. The number of nitrogens with two attached hydrogens (primary N) is 1. The largest absolute Gasteiger partial charge is 0.493 e. The van der Waals surface area contributed by atoms with Crippen molar-refractivity contribution in [2.75, 3.05) is 31.1 Å². The number of aryl methyl sites for hydroxylation is 1. The van der Waals surface area contributed by atoms with Crippen LogP contribution in [0, 0.1) is 6.92 Å². The molecule has 0 aliphatic rings. The molecule has 0 saturated carbocycles. The van der Waals surface area contributed by atoms with E-state index in [4.69, 9.17) is 19.8 Å². The summed E-state index contributed by atoms with van der Waals surface area (Å²) in [7, 11) is 3.16. The molecule has 28 heavy (non-hydrogen) atoms. The molecule has 3 rings (SSSR count). The highest BCUT2D eigenvalue weighted by Gasteiger charge is 2.14. The van der Waals surface area contributed by atoms with Crippen molar-refractivity contribution in [3.63, 3.8) is 0 Å². The van der Waals surface area contributed by atoms with Gasteiger partial charge in [0, 0.05) is 12.5 Å². The van der Waals surface area contributed by atoms with E-state index in [0.717, 1.165) is 5.56 Å². The van der Waals surface area contributed by atoms with Gasteiger partial charge in [-0.3, -0.25) is 4.79 Å². The van der Waals surface area contributed by atoms with E-state index in [2.05, 4.69) is 20.7 Å². The number of carbonyl (C=O) groups excluding carboxylic acids is 1. The van der Waals surface area contributed by atoms with Gasteiger partial charge in [-0.05, 0) is 24.6 Å². The third-order valence-electron chi connectivity index (χ3n) is 3.77. The van der Waals surface area contributed by atoms with Gasteiger partial charge in [0.2, 0.25) is 11.1 Å². The number of rotatable bonds is 8. The Morgan fingerprint density at radius 1 is 1.25 bits per heavy atom. The lowest BCUT2D eigenvalue weighted by Crippen LogP contribution is -2.17. The van der Waals surface area contributed by atoms with Crippen LogP contribution in [0.4, 0.5) is 5.82 Å². The number of amides is 1. The van der Waals surface area contributed by atoms with Crippen LogP contribution in [0.1, 0.15) is 17.1 Å². The van der Waals surface area contributed by atoms with Crippen molar-refractivity contribution >= 4 is 23.5 Å². The predicted molar refractivity (Wildman–Crippen MR) is 103 cm³/mol. The molecule has 2 aromatic heterocycles. The second-order valence-corrected chi connectivity index (χ2v) is 6.74. The molecular weight excluding hydrogens is 384 g/mol. The molecule has 0 fully saturated rings. The summed E-state index contributed by atoms with van der Waals surface area (Å²) in [5.41, 5.74) is 0.937. The molecule has 0 unspecified atom stereocenters. The van der Waals surface area contributed by atoms with Gasteiger partial charge < -0.3 is 25.2 Å². The zero-order valence-electron chi connectivity index (χ0n) is 15.6. The predicted octanol–water partition coefficient (Wildman–Crippen LogP) is 1.63. The van der Waals surface area contributed by atoms with Crippen LogP contribution in [0.5, 0.6) is 11.5 Å². The van der Waals surface area contributed by atoms with Crippen molar-refractivity contribution in [3.05, 3.63) is 41.4 Å². The summed E-state index contributed by atoms with van der Waals surface area (Å²) in [4.78, 5) is 12.0. The van der Waals surface area contributed by atoms with Crippen molar-refractivity contribution in [1.29, 1.82) is 0 Å². The van der Waals surface area contributed by atoms with Crippen molar-refractivity contribution in [1.82, 2.24) is 20.0 Å². The maximum absolute atomic E-state index is 12.0. The Kier molecular flexibility index (Phi) is 6.04. The highest BCUT2D eigenvalue weighted by Crippen LogP contribution is 2.28. The first-order valence-electron chi connectivity index (χ1n) is 8.26. The van der Waals surface area contributed by atoms with Crippen LogP contribution in [0.25, 0.3) is 0 Å².